The molecule has 19 heavy (non-hydrogen) atoms. The molecule has 1 saturated carbocycles. The fourth-order valence-electron chi connectivity index (χ4n) is 2.49. The minimum absolute atomic E-state index is 0.0613. The molecule has 100 valence electrons. The number of aromatic carboxylic acids is 1. The SMILES string of the molecule is CC1CC1(C)c1cc(C(=O)O)cc(C(C)(C)C#N)c1. The van der Waals surface area contributed by atoms with Gasteiger partial charge in [0.1, 0.15) is 0 Å². The Hall–Kier alpha value is -1.82. The summed E-state index contributed by atoms with van der Waals surface area (Å²) in [5, 5.41) is 18.5. The van der Waals surface area contributed by atoms with Crippen molar-refractivity contribution in [2.24, 2.45) is 5.92 Å². The normalized spacial score (nSPS) is 25.7. The molecule has 1 fully saturated rings. The molecule has 0 bridgehead atoms. The van der Waals surface area contributed by atoms with Gasteiger partial charge in [-0.2, -0.15) is 5.26 Å². The van der Waals surface area contributed by atoms with E-state index >= 15 is 0 Å². The summed E-state index contributed by atoms with van der Waals surface area (Å²) in [6, 6.07) is 7.61. The van der Waals surface area contributed by atoms with Crippen molar-refractivity contribution in [2.75, 3.05) is 0 Å². The van der Waals surface area contributed by atoms with Crippen LogP contribution in [0.2, 0.25) is 0 Å². The highest BCUT2D eigenvalue weighted by Crippen LogP contribution is 2.54. The second-order valence-electron chi connectivity index (χ2n) is 6.36. The second kappa shape index (κ2) is 4.09. The molecular formula is C16H19NO2. The van der Waals surface area contributed by atoms with Crippen molar-refractivity contribution >= 4 is 5.97 Å². The number of hydrogen-bond donors (Lipinski definition) is 1. The molecule has 1 aliphatic carbocycles. The zero-order chi connectivity index (χ0) is 14.4. The largest absolute Gasteiger partial charge is 0.478 e. The van der Waals surface area contributed by atoms with E-state index in [1.165, 1.54) is 0 Å². The molecule has 0 amide bonds. The Morgan fingerprint density at radius 3 is 2.47 bits per heavy atom. The van der Waals surface area contributed by atoms with E-state index in [0.29, 0.717) is 5.92 Å². The van der Waals surface area contributed by atoms with Gasteiger partial charge in [0.15, 0.2) is 0 Å². The summed E-state index contributed by atoms with van der Waals surface area (Å²) in [6.45, 7) is 7.96. The number of carboxylic acid groups (broad SMARTS) is 1. The number of hydrogen-bond acceptors (Lipinski definition) is 2. The van der Waals surface area contributed by atoms with E-state index in [4.69, 9.17) is 0 Å². The number of carbonyl (C=O) groups is 1. The van der Waals surface area contributed by atoms with Crippen molar-refractivity contribution in [3.63, 3.8) is 0 Å². The van der Waals surface area contributed by atoms with Crippen LogP contribution < -0.4 is 0 Å². The summed E-state index contributed by atoms with van der Waals surface area (Å²) in [6.07, 6.45) is 1.07. The maximum Gasteiger partial charge on any atom is 0.335 e. The van der Waals surface area contributed by atoms with Crippen LogP contribution in [-0.4, -0.2) is 11.1 Å². The fraction of sp³-hybridized carbons (Fsp3) is 0.500. The van der Waals surface area contributed by atoms with Gasteiger partial charge in [-0.05, 0) is 54.9 Å². The number of carboxylic acids is 1. The van der Waals surface area contributed by atoms with Gasteiger partial charge in [0, 0.05) is 0 Å². The first-order chi connectivity index (χ1) is 8.70. The lowest BCUT2D eigenvalue weighted by Crippen LogP contribution is -2.17. The fourth-order valence-corrected chi connectivity index (χ4v) is 2.49. The summed E-state index contributed by atoms with van der Waals surface area (Å²) in [5.41, 5.74) is 1.49. The summed E-state index contributed by atoms with van der Waals surface area (Å²) >= 11 is 0. The van der Waals surface area contributed by atoms with Crippen LogP contribution in [0.5, 0.6) is 0 Å². The third-order valence-electron chi connectivity index (χ3n) is 4.50. The number of rotatable bonds is 3. The third kappa shape index (κ3) is 2.23. The lowest BCUT2D eigenvalue weighted by Gasteiger charge is -2.20. The smallest absolute Gasteiger partial charge is 0.335 e. The van der Waals surface area contributed by atoms with E-state index in [9.17, 15) is 15.2 Å². The molecule has 1 aromatic rings. The number of benzene rings is 1. The molecule has 2 atom stereocenters. The molecule has 0 radical (unpaired) electrons. The Kier molecular flexibility index (Phi) is 2.93. The molecule has 3 heteroatoms. The molecule has 0 saturated heterocycles. The average molecular weight is 257 g/mol. The molecule has 2 unspecified atom stereocenters. The summed E-state index contributed by atoms with van der Waals surface area (Å²) in [5.74, 6) is -0.372. The molecule has 0 aromatic heterocycles. The average Bonchev–Trinajstić information content (AvgIpc) is 2.98. The minimum Gasteiger partial charge on any atom is -0.478 e. The standard InChI is InChI=1S/C16H19NO2/c1-10-8-16(10,4)13-6-11(14(18)19)5-12(7-13)15(2,3)9-17/h5-7,10H,8H2,1-4H3,(H,18,19). The van der Waals surface area contributed by atoms with Gasteiger partial charge in [0.2, 0.25) is 0 Å². The highest BCUT2D eigenvalue weighted by Gasteiger charge is 2.48. The molecule has 0 heterocycles. The van der Waals surface area contributed by atoms with Gasteiger partial charge in [-0.3, -0.25) is 0 Å². The topological polar surface area (TPSA) is 61.1 Å². The zero-order valence-corrected chi connectivity index (χ0v) is 11.8. The van der Waals surface area contributed by atoms with Crippen LogP contribution in [0.4, 0.5) is 0 Å². The minimum atomic E-state index is -0.936. The Labute approximate surface area is 113 Å². The highest BCUT2D eigenvalue weighted by molar-refractivity contribution is 5.88. The molecule has 0 spiro atoms. The van der Waals surface area contributed by atoms with Gasteiger partial charge in [-0.1, -0.05) is 19.9 Å². The van der Waals surface area contributed by atoms with Crippen molar-refractivity contribution < 1.29 is 9.90 Å². The van der Waals surface area contributed by atoms with Gasteiger partial charge in [-0.15, -0.1) is 0 Å². The van der Waals surface area contributed by atoms with Crippen molar-refractivity contribution in [2.45, 2.75) is 44.9 Å². The second-order valence-corrected chi connectivity index (χ2v) is 6.36. The van der Waals surface area contributed by atoms with E-state index in [1.54, 1.807) is 12.1 Å². The van der Waals surface area contributed by atoms with Crippen LogP contribution in [0.1, 0.15) is 55.6 Å². The number of nitriles is 1. The van der Waals surface area contributed by atoms with Crippen LogP contribution in [-0.2, 0) is 10.8 Å². The highest BCUT2D eigenvalue weighted by atomic mass is 16.4. The van der Waals surface area contributed by atoms with Gasteiger partial charge >= 0.3 is 5.97 Å². The summed E-state index contributed by atoms with van der Waals surface area (Å²) in [7, 11) is 0. The lowest BCUT2D eigenvalue weighted by atomic mass is 9.82. The first-order valence-corrected chi connectivity index (χ1v) is 6.51. The first-order valence-electron chi connectivity index (χ1n) is 6.51. The Morgan fingerprint density at radius 1 is 1.47 bits per heavy atom. The van der Waals surface area contributed by atoms with Crippen LogP contribution in [0.25, 0.3) is 0 Å². The van der Waals surface area contributed by atoms with Crippen LogP contribution >= 0.6 is 0 Å². The van der Waals surface area contributed by atoms with Crippen molar-refractivity contribution in [3.8, 4) is 6.07 Å². The van der Waals surface area contributed by atoms with Crippen LogP contribution in [0.3, 0.4) is 0 Å². The van der Waals surface area contributed by atoms with Gasteiger partial charge in [0.25, 0.3) is 0 Å². The third-order valence-corrected chi connectivity index (χ3v) is 4.50. The molecule has 1 aromatic carbocycles. The van der Waals surface area contributed by atoms with Gasteiger partial charge in [-0.25, -0.2) is 4.79 Å². The Bertz CT molecular complexity index is 583. The zero-order valence-electron chi connectivity index (χ0n) is 11.8. The van der Waals surface area contributed by atoms with E-state index in [1.807, 2.05) is 19.9 Å². The van der Waals surface area contributed by atoms with Gasteiger partial charge < -0.3 is 5.11 Å². The maximum absolute atomic E-state index is 11.3. The van der Waals surface area contributed by atoms with E-state index < -0.39 is 11.4 Å². The van der Waals surface area contributed by atoms with E-state index in [2.05, 4.69) is 19.9 Å². The molecule has 1 aliphatic rings. The van der Waals surface area contributed by atoms with Crippen molar-refractivity contribution in [1.29, 1.82) is 5.26 Å². The molecule has 0 aliphatic heterocycles. The molecule has 3 nitrogen and oxygen atoms in total. The Balaban J connectivity index is 2.58. The molecular weight excluding hydrogens is 238 g/mol. The van der Waals surface area contributed by atoms with Gasteiger partial charge in [0.05, 0.1) is 17.0 Å². The first kappa shape index (κ1) is 13.6. The summed E-state index contributed by atoms with van der Waals surface area (Å²) in [4.78, 5) is 11.3. The predicted molar refractivity (Wildman–Crippen MR) is 73.2 cm³/mol. The quantitative estimate of drug-likeness (QED) is 0.901. The van der Waals surface area contributed by atoms with Crippen LogP contribution in [0.15, 0.2) is 18.2 Å². The molecule has 1 N–H and O–H groups in total. The monoisotopic (exact) mass is 257 g/mol. The maximum atomic E-state index is 11.3. The number of nitrogens with zero attached hydrogens (tertiary/aromatic N) is 1. The molecule has 2 rings (SSSR count). The van der Waals surface area contributed by atoms with E-state index in [0.717, 1.165) is 17.5 Å². The van der Waals surface area contributed by atoms with Crippen LogP contribution in [0, 0.1) is 17.2 Å². The lowest BCUT2D eigenvalue weighted by molar-refractivity contribution is 0.0696. The van der Waals surface area contributed by atoms with E-state index in [-0.39, 0.29) is 11.0 Å². The Morgan fingerprint density at radius 2 is 2.05 bits per heavy atom. The predicted octanol–water partition coefficient (Wildman–Crippen LogP) is 3.48. The van der Waals surface area contributed by atoms with Crippen molar-refractivity contribution in [3.05, 3.63) is 34.9 Å². The van der Waals surface area contributed by atoms with Crippen molar-refractivity contribution in [1.82, 2.24) is 0 Å². The summed E-state index contributed by atoms with van der Waals surface area (Å²) < 4.78 is 0.